The van der Waals surface area contributed by atoms with Crippen LogP contribution < -0.4 is 19.5 Å². The Morgan fingerprint density at radius 2 is 1.52 bits per heavy atom. The summed E-state index contributed by atoms with van der Waals surface area (Å²) >= 11 is 0. The maximum Gasteiger partial charge on any atom is 0.213 e. The molecule has 0 unspecified atom stereocenters. The van der Waals surface area contributed by atoms with E-state index < -0.39 is 0 Å². The van der Waals surface area contributed by atoms with Crippen molar-refractivity contribution in [3.05, 3.63) is 47.7 Å². The van der Waals surface area contributed by atoms with Crippen molar-refractivity contribution in [1.82, 2.24) is 10.3 Å². The largest absolute Gasteiger partial charge is 0.497 e. The van der Waals surface area contributed by atoms with Gasteiger partial charge < -0.3 is 19.5 Å². The van der Waals surface area contributed by atoms with Gasteiger partial charge in [0.2, 0.25) is 5.88 Å². The second-order valence-corrected chi connectivity index (χ2v) is 4.53. The lowest BCUT2D eigenvalue weighted by Crippen LogP contribution is -2.13. The van der Waals surface area contributed by atoms with Crippen LogP contribution in [0.2, 0.25) is 0 Å². The van der Waals surface area contributed by atoms with E-state index in [2.05, 4.69) is 10.3 Å². The van der Waals surface area contributed by atoms with Gasteiger partial charge in [-0.25, -0.2) is 4.98 Å². The van der Waals surface area contributed by atoms with E-state index in [4.69, 9.17) is 14.2 Å². The third-order valence-corrected chi connectivity index (χ3v) is 3.08. The van der Waals surface area contributed by atoms with Crippen molar-refractivity contribution in [3.63, 3.8) is 0 Å². The molecule has 1 heterocycles. The SMILES string of the molecule is COc1cc(CNCc2ccnc(OC)c2)cc(OC)c1. The van der Waals surface area contributed by atoms with Crippen LogP contribution in [0.1, 0.15) is 11.1 Å². The summed E-state index contributed by atoms with van der Waals surface area (Å²) in [6.07, 6.45) is 1.74. The van der Waals surface area contributed by atoms with Crippen LogP contribution in [0.15, 0.2) is 36.5 Å². The van der Waals surface area contributed by atoms with Crippen molar-refractivity contribution in [3.8, 4) is 17.4 Å². The monoisotopic (exact) mass is 288 g/mol. The van der Waals surface area contributed by atoms with E-state index in [1.54, 1.807) is 27.5 Å². The summed E-state index contributed by atoms with van der Waals surface area (Å²) in [5, 5.41) is 3.38. The van der Waals surface area contributed by atoms with Gasteiger partial charge in [-0.05, 0) is 29.3 Å². The Hall–Kier alpha value is -2.27. The first-order valence-corrected chi connectivity index (χ1v) is 6.66. The smallest absolute Gasteiger partial charge is 0.213 e. The van der Waals surface area contributed by atoms with E-state index in [1.165, 1.54) is 0 Å². The fraction of sp³-hybridized carbons (Fsp3) is 0.312. The molecule has 0 aliphatic rings. The highest BCUT2D eigenvalue weighted by Gasteiger charge is 2.02. The first kappa shape index (κ1) is 15.1. The molecule has 0 fully saturated rings. The average molecular weight is 288 g/mol. The highest BCUT2D eigenvalue weighted by atomic mass is 16.5. The van der Waals surface area contributed by atoms with Crippen molar-refractivity contribution in [2.24, 2.45) is 0 Å². The molecule has 112 valence electrons. The molecule has 0 amide bonds. The molecule has 0 saturated heterocycles. The zero-order chi connectivity index (χ0) is 15.1. The van der Waals surface area contributed by atoms with Crippen LogP contribution in [-0.4, -0.2) is 26.3 Å². The normalized spacial score (nSPS) is 10.2. The van der Waals surface area contributed by atoms with Crippen LogP contribution in [0, 0.1) is 0 Å². The number of rotatable bonds is 7. The van der Waals surface area contributed by atoms with Crippen LogP contribution in [0.3, 0.4) is 0 Å². The lowest BCUT2D eigenvalue weighted by atomic mass is 10.2. The van der Waals surface area contributed by atoms with E-state index in [0.717, 1.165) is 35.7 Å². The van der Waals surface area contributed by atoms with Gasteiger partial charge in [-0.15, -0.1) is 0 Å². The number of benzene rings is 1. The van der Waals surface area contributed by atoms with Crippen LogP contribution in [0.25, 0.3) is 0 Å². The summed E-state index contributed by atoms with van der Waals surface area (Å²) in [6, 6.07) is 9.71. The molecule has 0 saturated carbocycles. The Bertz CT molecular complexity index is 565. The summed E-state index contributed by atoms with van der Waals surface area (Å²) < 4.78 is 15.6. The lowest BCUT2D eigenvalue weighted by Gasteiger charge is -2.10. The van der Waals surface area contributed by atoms with Crippen molar-refractivity contribution in [2.75, 3.05) is 21.3 Å². The van der Waals surface area contributed by atoms with E-state index in [1.807, 2.05) is 30.3 Å². The summed E-state index contributed by atoms with van der Waals surface area (Å²) in [6.45, 7) is 1.45. The Kier molecular flexibility index (Phi) is 5.40. The van der Waals surface area contributed by atoms with Gasteiger partial charge in [0.1, 0.15) is 11.5 Å². The topological polar surface area (TPSA) is 52.6 Å². The molecule has 21 heavy (non-hydrogen) atoms. The number of hydrogen-bond donors (Lipinski definition) is 1. The molecule has 1 N–H and O–H groups in total. The van der Waals surface area contributed by atoms with E-state index in [0.29, 0.717) is 5.88 Å². The minimum absolute atomic E-state index is 0.623. The molecule has 0 spiro atoms. The molecule has 2 aromatic rings. The van der Waals surface area contributed by atoms with Crippen molar-refractivity contribution < 1.29 is 14.2 Å². The van der Waals surface area contributed by atoms with E-state index in [-0.39, 0.29) is 0 Å². The number of pyridine rings is 1. The van der Waals surface area contributed by atoms with Crippen LogP contribution >= 0.6 is 0 Å². The fourth-order valence-electron chi connectivity index (χ4n) is 1.99. The highest BCUT2D eigenvalue weighted by Crippen LogP contribution is 2.22. The summed E-state index contributed by atoms with van der Waals surface area (Å²) in [5.74, 6) is 2.20. The maximum atomic E-state index is 5.26. The molecule has 0 radical (unpaired) electrons. The zero-order valence-corrected chi connectivity index (χ0v) is 12.6. The Balaban J connectivity index is 1.96. The highest BCUT2D eigenvalue weighted by molar-refractivity contribution is 5.38. The fourth-order valence-corrected chi connectivity index (χ4v) is 1.99. The number of hydrogen-bond acceptors (Lipinski definition) is 5. The molecule has 0 atom stereocenters. The van der Waals surface area contributed by atoms with Crippen molar-refractivity contribution in [1.29, 1.82) is 0 Å². The molecule has 0 bridgehead atoms. The first-order chi connectivity index (χ1) is 10.2. The molecule has 2 rings (SSSR count). The summed E-state index contributed by atoms with van der Waals surface area (Å²) in [7, 11) is 4.91. The zero-order valence-electron chi connectivity index (χ0n) is 12.6. The van der Waals surface area contributed by atoms with Gasteiger partial charge in [0.25, 0.3) is 0 Å². The number of ether oxygens (including phenoxy) is 3. The molecule has 1 aromatic heterocycles. The number of aromatic nitrogens is 1. The van der Waals surface area contributed by atoms with Crippen molar-refractivity contribution >= 4 is 0 Å². The average Bonchev–Trinajstić information content (AvgIpc) is 2.54. The standard InChI is InChI=1S/C16H20N2O3/c1-19-14-6-13(7-15(9-14)20-2)11-17-10-12-4-5-18-16(8-12)21-3/h4-9,17H,10-11H2,1-3H3. The number of methoxy groups -OCH3 is 3. The number of nitrogens with one attached hydrogen (secondary N) is 1. The summed E-state index contributed by atoms with van der Waals surface area (Å²) in [5.41, 5.74) is 2.23. The molecule has 5 heteroatoms. The molecule has 0 aliphatic heterocycles. The molecular weight excluding hydrogens is 268 g/mol. The Morgan fingerprint density at radius 3 is 2.14 bits per heavy atom. The minimum Gasteiger partial charge on any atom is -0.497 e. The van der Waals surface area contributed by atoms with E-state index in [9.17, 15) is 0 Å². The van der Waals surface area contributed by atoms with Gasteiger partial charge in [0.05, 0.1) is 21.3 Å². The first-order valence-electron chi connectivity index (χ1n) is 6.66. The van der Waals surface area contributed by atoms with Gasteiger partial charge in [-0.2, -0.15) is 0 Å². The Morgan fingerprint density at radius 1 is 0.857 bits per heavy atom. The second-order valence-electron chi connectivity index (χ2n) is 4.53. The van der Waals surface area contributed by atoms with Gasteiger partial charge in [-0.1, -0.05) is 0 Å². The van der Waals surface area contributed by atoms with Crippen LogP contribution in [-0.2, 0) is 13.1 Å². The predicted octanol–water partition coefficient (Wildman–Crippen LogP) is 2.40. The second kappa shape index (κ2) is 7.50. The van der Waals surface area contributed by atoms with Gasteiger partial charge >= 0.3 is 0 Å². The van der Waals surface area contributed by atoms with Crippen LogP contribution in [0.4, 0.5) is 0 Å². The van der Waals surface area contributed by atoms with Crippen molar-refractivity contribution in [2.45, 2.75) is 13.1 Å². The molecule has 1 aromatic carbocycles. The predicted molar refractivity (Wildman–Crippen MR) is 80.9 cm³/mol. The molecular formula is C16H20N2O3. The maximum absolute atomic E-state index is 5.26. The van der Waals surface area contributed by atoms with Gasteiger partial charge in [0.15, 0.2) is 0 Å². The third kappa shape index (κ3) is 4.36. The quantitative estimate of drug-likeness (QED) is 0.848. The van der Waals surface area contributed by atoms with Gasteiger partial charge in [0, 0.05) is 31.4 Å². The number of nitrogens with zero attached hydrogens (tertiary/aromatic N) is 1. The third-order valence-electron chi connectivity index (χ3n) is 3.08. The van der Waals surface area contributed by atoms with E-state index >= 15 is 0 Å². The van der Waals surface area contributed by atoms with Crippen LogP contribution in [0.5, 0.6) is 17.4 Å². The summed E-state index contributed by atoms with van der Waals surface area (Å²) in [4.78, 5) is 4.09. The lowest BCUT2D eigenvalue weighted by molar-refractivity contribution is 0.393. The molecule has 0 aliphatic carbocycles. The molecule has 5 nitrogen and oxygen atoms in total. The minimum atomic E-state index is 0.623. The Labute approximate surface area is 124 Å². The van der Waals surface area contributed by atoms with Gasteiger partial charge in [-0.3, -0.25) is 0 Å².